The van der Waals surface area contributed by atoms with E-state index in [1.807, 2.05) is 32.9 Å². The van der Waals surface area contributed by atoms with E-state index in [2.05, 4.69) is 23.1 Å². The minimum atomic E-state index is -0.114. The van der Waals surface area contributed by atoms with Crippen LogP contribution >= 0.6 is 11.3 Å². The van der Waals surface area contributed by atoms with Gasteiger partial charge in [0.15, 0.2) is 0 Å². The molecule has 2 rings (SSSR count). The summed E-state index contributed by atoms with van der Waals surface area (Å²) in [5.74, 6) is 0.541. The Morgan fingerprint density at radius 2 is 2.11 bits per heavy atom. The van der Waals surface area contributed by atoms with E-state index in [9.17, 15) is 4.79 Å². The van der Waals surface area contributed by atoms with Crippen molar-refractivity contribution in [1.82, 2.24) is 9.97 Å². The monoisotopic (exact) mass is 272 g/mol. The minimum Gasteiger partial charge on any atom is -0.306 e. The SMILES string of the molecule is C=CC(=C(C)C)c1cc2nc(C(=C)C)[nH]c(=O)c2s1. The van der Waals surface area contributed by atoms with E-state index in [1.54, 1.807) is 0 Å². The summed E-state index contributed by atoms with van der Waals surface area (Å²) in [6.07, 6.45) is 1.81. The van der Waals surface area contributed by atoms with Crippen LogP contribution in [0.25, 0.3) is 21.4 Å². The average Bonchev–Trinajstić information content (AvgIpc) is 2.73. The lowest BCUT2D eigenvalue weighted by Gasteiger charge is -1.99. The number of allylic oxidation sites excluding steroid dienone is 4. The summed E-state index contributed by atoms with van der Waals surface area (Å²) in [5, 5.41) is 0. The molecule has 2 heterocycles. The van der Waals surface area contributed by atoms with Crippen molar-refractivity contribution in [3.05, 3.63) is 51.9 Å². The second kappa shape index (κ2) is 4.97. The van der Waals surface area contributed by atoms with Crippen molar-refractivity contribution in [3.8, 4) is 0 Å². The lowest BCUT2D eigenvalue weighted by molar-refractivity contribution is 1.13. The number of thiophene rings is 1. The van der Waals surface area contributed by atoms with Gasteiger partial charge in [-0.15, -0.1) is 11.3 Å². The first kappa shape index (κ1) is 13.5. The number of aromatic nitrogens is 2. The topological polar surface area (TPSA) is 45.8 Å². The van der Waals surface area contributed by atoms with E-state index in [-0.39, 0.29) is 5.56 Å². The Labute approximate surface area is 116 Å². The van der Waals surface area contributed by atoms with Crippen LogP contribution in [-0.4, -0.2) is 9.97 Å². The van der Waals surface area contributed by atoms with E-state index in [4.69, 9.17) is 0 Å². The third-order valence-corrected chi connectivity index (χ3v) is 3.95. The molecule has 2 aromatic heterocycles. The first-order chi connectivity index (χ1) is 8.93. The smallest absolute Gasteiger partial charge is 0.269 e. The van der Waals surface area contributed by atoms with Crippen molar-refractivity contribution >= 4 is 32.7 Å². The standard InChI is InChI=1S/C15H16N2OS/c1-6-10(8(2)3)12-7-11-13(19-12)15(18)17-14(16-11)9(4)5/h6-7H,1,4H2,2-3,5H3,(H,16,17,18). The number of hydrogen-bond acceptors (Lipinski definition) is 3. The van der Waals surface area contributed by atoms with Crippen LogP contribution in [-0.2, 0) is 0 Å². The summed E-state index contributed by atoms with van der Waals surface area (Å²) >= 11 is 1.44. The molecule has 0 spiro atoms. The Morgan fingerprint density at radius 1 is 1.42 bits per heavy atom. The van der Waals surface area contributed by atoms with E-state index in [1.165, 1.54) is 11.3 Å². The molecule has 2 aromatic rings. The molecule has 0 unspecified atom stereocenters. The molecule has 0 saturated carbocycles. The molecular weight excluding hydrogens is 256 g/mol. The number of aromatic amines is 1. The maximum atomic E-state index is 12.0. The number of hydrogen-bond donors (Lipinski definition) is 1. The lowest BCUT2D eigenvalue weighted by atomic mass is 10.1. The van der Waals surface area contributed by atoms with E-state index >= 15 is 0 Å². The molecular formula is C15H16N2OS. The Morgan fingerprint density at radius 3 is 2.63 bits per heavy atom. The first-order valence-corrected chi connectivity index (χ1v) is 6.75. The molecule has 98 valence electrons. The third-order valence-electron chi connectivity index (χ3n) is 2.80. The maximum absolute atomic E-state index is 12.0. The molecule has 0 fully saturated rings. The van der Waals surface area contributed by atoms with Crippen LogP contribution in [0.1, 0.15) is 31.5 Å². The van der Waals surface area contributed by atoms with Crippen LogP contribution < -0.4 is 5.56 Å². The highest BCUT2D eigenvalue weighted by Gasteiger charge is 2.11. The van der Waals surface area contributed by atoms with E-state index in [0.717, 1.165) is 21.6 Å². The number of fused-ring (bicyclic) bond motifs is 1. The fraction of sp³-hybridized carbons (Fsp3) is 0.200. The fourth-order valence-electron chi connectivity index (χ4n) is 1.83. The predicted molar refractivity (Wildman–Crippen MR) is 83.4 cm³/mol. The quantitative estimate of drug-likeness (QED) is 0.858. The molecule has 0 atom stereocenters. The highest BCUT2D eigenvalue weighted by molar-refractivity contribution is 7.20. The number of nitrogens with zero attached hydrogens (tertiary/aromatic N) is 1. The second-order valence-electron chi connectivity index (χ2n) is 4.64. The van der Waals surface area contributed by atoms with Gasteiger partial charge in [0.25, 0.3) is 5.56 Å². The summed E-state index contributed by atoms with van der Waals surface area (Å²) in [4.78, 5) is 20.2. The Hall–Kier alpha value is -1.94. The zero-order valence-electron chi connectivity index (χ0n) is 11.3. The third kappa shape index (κ3) is 2.44. The normalized spacial score (nSPS) is 10.5. The zero-order chi connectivity index (χ0) is 14.2. The van der Waals surface area contributed by atoms with Crippen molar-refractivity contribution in [1.29, 1.82) is 0 Å². The van der Waals surface area contributed by atoms with Gasteiger partial charge in [0.05, 0.1) is 5.52 Å². The highest BCUT2D eigenvalue weighted by Crippen LogP contribution is 2.30. The van der Waals surface area contributed by atoms with Gasteiger partial charge in [-0.2, -0.15) is 0 Å². The Bertz CT molecular complexity index is 758. The number of H-pyrrole nitrogens is 1. The summed E-state index contributed by atoms with van der Waals surface area (Å²) in [7, 11) is 0. The fourth-order valence-corrected chi connectivity index (χ4v) is 2.97. The molecule has 1 N–H and O–H groups in total. The van der Waals surface area contributed by atoms with Crippen molar-refractivity contribution in [3.63, 3.8) is 0 Å². The number of nitrogens with one attached hydrogen (secondary N) is 1. The average molecular weight is 272 g/mol. The largest absolute Gasteiger partial charge is 0.306 e. The predicted octanol–water partition coefficient (Wildman–Crippen LogP) is 4.00. The van der Waals surface area contributed by atoms with E-state index < -0.39 is 0 Å². The van der Waals surface area contributed by atoms with Crippen molar-refractivity contribution in [2.24, 2.45) is 0 Å². The maximum Gasteiger partial charge on any atom is 0.269 e. The van der Waals surface area contributed by atoms with Crippen LogP contribution in [0, 0.1) is 0 Å². The zero-order valence-corrected chi connectivity index (χ0v) is 12.1. The Balaban J connectivity index is 2.74. The summed E-state index contributed by atoms with van der Waals surface area (Å²) in [5.41, 5.74) is 3.56. The number of rotatable bonds is 3. The van der Waals surface area contributed by atoms with Gasteiger partial charge < -0.3 is 4.98 Å². The van der Waals surface area contributed by atoms with Crippen molar-refractivity contribution in [2.45, 2.75) is 20.8 Å². The van der Waals surface area contributed by atoms with Gasteiger partial charge in [-0.1, -0.05) is 24.8 Å². The molecule has 0 saturated heterocycles. The highest BCUT2D eigenvalue weighted by atomic mass is 32.1. The van der Waals surface area contributed by atoms with Gasteiger partial charge in [0.1, 0.15) is 10.5 Å². The molecule has 3 nitrogen and oxygen atoms in total. The van der Waals surface area contributed by atoms with Gasteiger partial charge in [0.2, 0.25) is 0 Å². The molecule has 0 aromatic carbocycles. The molecule has 4 heteroatoms. The first-order valence-electron chi connectivity index (χ1n) is 5.94. The molecule has 0 radical (unpaired) electrons. The Kier molecular flexibility index (Phi) is 3.53. The summed E-state index contributed by atoms with van der Waals surface area (Å²) in [6, 6.07) is 1.94. The van der Waals surface area contributed by atoms with Gasteiger partial charge in [-0.3, -0.25) is 4.79 Å². The second-order valence-corrected chi connectivity index (χ2v) is 5.69. The molecule has 19 heavy (non-hydrogen) atoms. The van der Waals surface area contributed by atoms with Crippen LogP contribution in [0.5, 0.6) is 0 Å². The van der Waals surface area contributed by atoms with Gasteiger partial charge in [-0.05, 0) is 38.0 Å². The summed E-state index contributed by atoms with van der Waals surface area (Å²) < 4.78 is 0.639. The molecule has 0 aliphatic carbocycles. The lowest BCUT2D eigenvalue weighted by Crippen LogP contribution is -2.08. The van der Waals surface area contributed by atoms with Crippen molar-refractivity contribution in [2.75, 3.05) is 0 Å². The van der Waals surface area contributed by atoms with Crippen LogP contribution in [0.15, 0.2) is 35.7 Å². The summed E-state index contributed by atoms with van der Waals surface area (Å²) in [6.45, 7) is 13.5. The molecule has 0 aliphatic rings. The minimum absolute atomic E-state index is 0.114. The molecule has 0 amide bonds. The van der Waals surface area contributed by atoms with Gasteiger partial charge in [0, 0.05) is 4.88 Å². The molecule has 0 aliphatic heterocycles. The van der Waals surface area contributed by atoms with Crippen LogP contribution in [0.4, 0.5) is 0 Å². The molecule has 0 bridgehead atoms. The van der Waals surface area contributed by atoms with E-state index in [0.29, 0.717) is 16.0 Å². The van der Waals surface area contributed by atoms with Crippen LogP contribution in [0.2, 0.25) is 0 Å². The van der Waals surface area contributed by atoms with Gasteiger partial charge in [-0.25, -0.2) is 4.98 Å². The van der Waals surface area contributed by atoms with Crippen LogP contribution in [0.3, 0.4) is 0 Å². The van der Waals surface area contributed by atoms with Crippen molar-refractivity contribution < 1.29 is 0 Å². The van der Waals surface area contributed by atoms with Gasteiger partial charge >= 0.3 is 0 Å².